The highest BCUT2D eigenvalue weighted by molar-refractivity contribution is 6.41. The quantitative estimate of drug-likeness (QED) is 0.105. The molecule has 3 nitrogen and oxygen atoms in total. The zero-order valence-corrected chi connectivity index (χ0v) is 25.6. The molecule has 0 aliphatic rings. The van der Waals surface area contributed by atoms with Crippen LogP contribution in [0.2, 0.25) is 15.1 Å². The number of rotatable bonds is 14. The first-order valence-corrected chi connectivity index (χ1v) is 15.3. The van der Waals surface area contributed by atoms with Crippen molar-refractivity contribution >= 4 is 40.8 Å². The lowest BCUT2D eigenvalue weighted by molar-refractivity contribution is 0.0163. The van der Waals surface area contributed by atoms with Crippen LogP contribution >= 0.6 is 34.8 Å². The first-order chi connectivity index (χ1) is 19.9. The summed E-state index contributed by atoms with van der Waals surface area (Å²) in [7, 11) is 0. The summed E-state index contributed by atoms with van der Waals surface area (Å²) in [5.74, 6) is -0.560. The summed E-state index contributed by atoms with van der Waals surface area (Å²) in [5, 5.41) is 0.715. The number of hydrogen-bond donors (Lipinski definition) is 0. The Morgan fingerprint density at radius 3 is 1.78 bits per heavy atom. The van der Waals surface area contributed by atoms with Crippen LogP contribution in [0.3, 0.4) is 0 Å². The fourth-order valence-corrected chi connectivity index (χ4v) is 6.09. The van der Waals surface area contributed by atoms with E-state index in [1.54, 1.807) is 0 Å². The lowest BCUT2D eigenvalue weighted by Gasteiger charge is -2.35. The van der Waals surface area contributed by atoms with Crippen LogP contribution in [0.15, 0.2) is 103 Å². The Balaban J connectivity index is 1.67. The summed E-state index contributed by atoms with van der Waals surface area (Å²) >= 11 is 18.9. The Bertz CT molecular complexity index is 1300. The first kappa shape index (κ1) is 31.1. The Morgan fingerprint density at radius 1 is 0.756 bits per heavy atom. The van der Waals surface area contributed by atoms with Crippen LogP contribution in [0.25, 0.3) is 0 Å². The molecular formula is C35H36Cl3NO2. The molecule has 6 heteroatoms. The largest absolute Gasteiger partial charge is 0.454 e. The standard InChI is InChI=1S/C35H36Cl3NO2/c1-2-3-7-20-30(39(24-26-14-8-4-9-15-26)25-27-16-10-5-11-17-27)23-33(28-18-12-6-13-19-28)41-35(40)34-31(37)21-29(36)22-32(34)38/h4-6,8-19,21-22,30,33H,2-3,7,20,23-25H2,1H3/t30-,33-/m1/s1. The smallest absolute Gasteiger partial charge is 0.341 e. The molecule has 0 saturated carbocycles. The van der Waals surface area contributed by atoms with Gasteiger partial charge in [-0.3, -0.25) is 4.90 Å². The van der Waals surface area contributed by atoms with Crippen molar-refractivity contribution in [2.45, 2.75) is 64.3 Å². The molecule has 0 aromatic heterocycles. The number of unbranched alkanes of at least 4 members (excludes halogenated alkanes) is 2. The summed E-state index contributed by atoms with van der Waals surface area (Å²) in [5.41, 5.74) is 3.56. The van der Waals surface area contributed by atoms with Crippen LogP contribution in [0, 0.1) is 0 Å². The summed E-state index contributed by atoms with van der Waals surface area (Å²) in [4.78, 5) is 16.0. The minimum Gasteiger partial charge on any atom is -0.454 e. The van der Waals surface area contributed by atoms with Crippen molar-refractivity contribution in [1.29, 1.82) is 0 Å². The van der Waals surface area contributed by atoms with E-state index in [1.165, 1.54) is 23.3 Å². The van der Waals surface area contributed by atoms with Crippen molar-refractivity contribution < 1.29 is 9.53 Å². The Labute approximate surface area is 259 Å². The number of carbonyl (C=O) groups excluding carboxylic acids is 1. The predicted octanol–water partition coefficient (Wildman–Crippen LogP) is 10.6. The van der Waals surface area contributed by atoms with E-state index in [4.69, 9.17) is 39.5 Å². The first-order valence-electron chi connectivity index (χ1n) is 14.2. The Morgan fingerprint density at radius 2 is 1.27 bits per heavy atom. The third kappa shape index (κ3) is 9.34. The predicted molar refractivity (Wildman–Crippen MR) is 171 cm³/mol. The highest BCUT2D eigenvalue weighted by atomic mass is 35.5. The molecule has 4 aromatic carbocycles. The van der Waals surface area contributed by atoms with Gasteiger partial charge in [0, 0.05) is 30.6 Å². The van der Waals surface area contributed by atoms with Crippen LogP contribution in [-0.2, 0) is 17.8 Å². The van der Waals surface area contributed by atoms with E-state index in [0.29, 0.717) is 11.4 Å². The van der Waals surface area contributed by atoms with E-state index >= 15 is 0 Å². The fraction of sp³-hybridized carbons (Fsp3) is 0.286. The Hall–Kier alpha value is -2.82. The van der Waals surface area contributed by atoms with Crippen LogP contribution in [0.1, 0.15) is 72.2 Å². The van der Waals surface area contributed by atoms with E-state index in [-0.39, 0.29) is 21.7 Å². The van der Waals surface area contributed by atoms with Crippen LogP contribution < -0.4 is 0 Å². The van der Waals surface area contributed by atoms with Crippen molar-refractivity contribution in [2.24, 2.45) is 0 Å². The molecule has 0 heterocycles. The third-order valence-corrected chi connectivity index (χ3v) is 8.05. The monoisotopic (exact) mass is 607 g/mol. The van der Waals surface area contributed by atoms with Crippen molar-refractivity contribution in [2.75, 3.05) is 0 Å². The van der Waals surface area contributed by atoms with Gasteiger partial charge in [0.25, 0.3) is 0 Å². The fourth-order valence-electron chi connectivity index (χ4n) is 5.12. The van der Waals surface area contributed by atoms with Gasteiger partial charge in [-0.1, -0.05) is 152 Å². The highest BCUT2D eigenvalue weighted by Crippen LogP contribution is 2.34. The van der Waals surface area contributed by atoms with Gasteiger partial charge >= 0.3 is 5.97 Å². The van der Waals surface area contributed by atoms with Gasteiger partial charge in [0.15, 0.2) is 0 Å². The molecule has 0 radical (unpaired) electrons. The molecule has 214 valence electrons. The summed E-state index contributed by atoms with van der Waals surface area (Å²) in [6.07, 6.45) is 4.48. The van der Waals surface area contributed by atoms with Crippen LogP contribution in [0.4, 0.5) is 0 Å². The third-order valence-electron chi connectivity index (χ3n) is 7.23. The SMILES string of the molecule is CCCCC[C@H](C[C@@H](OC(=O)c1c(Cl)cc(Cl)cc1Cl)c1ccccc1)N(Cc1ccccc1)Cc1ccccc1. The second-order valence-corrected chi connectivity index (χ2v) is 11.6. The number of nitrogens with zero attached hydrogens (tertiary/aromatic N) is 1. The van der Waals surface area contributed by atoms with Crippen molar-refractivity contribution in [1.82, 2.24) is 4.90 Å². The molecule has 0 fully saturated rings. The summed E-state index contributed by atoms with van der Waals surface area (Å²) < 4.78 is 6.23. The van der Waals surface area contributed by atoms with Gasteiger partial charge in [0.05, 0.1) is 15.6 Å². The number of hydrogen-bond acceptors (Lipinski definition) is 3. The van der Waals surface area contributed by atoms with Gasteiger partial charge in [0.2, 0.25) is 0 Å². The van der Waals surface area contributed by atoms with Gasteiger partial charge < -0.3 is 4.74 Å². The Kier molecular flexibility index (Phi) is 12.1. The molecule has 0 bridgehead atoms. The van der Waals surface area contributed by atoms with Crippen molar-refractivity contribution in [3.05, 3.63) is 140 Å². The van der Waals surface area contributed by atoms with Crippen LogP contribution in [-0.4, -0.2) is 16.9 Å². The maximum absolute atomic E-state index is 13.5. The van der Waals surface area contributed by atoms with Crippen LogP contribution in [0.5, 0.6) is 0 Å². The number of ether oxygens (including phenoxy) is 1. The number of carbonyl (C=O) groups is 1. The summed E-state index contributed by atoms with van der Waals surface area (Å²) in [6, 6.07) is 34.2. The molecule has 0 saturated heterocycles. The molecule has 4 aromatic rings. The zero-order valence-electron chi connectivity index (χ0n) is 23.3. The molecule has 0 spiro atoms. The van der Waals surface area contributed by atoms with Gasteiger partial charge in [-0.25, -0.2) is 4.79 Å². The van der Waals surface area contributed by atoms with Crippen molar-refractivity contribution in [3.8, 4) is 0 Å². The van der Waals surface area contributed by atoms with Gasteiger partial charge in [0.1, 0.15) is 6.10 Å². The molecule has 0 aliphatic heterocycles. The van der Waals surface area contributed by atoms with E-state index in [2.05, 4.69) is 60.4 Å². The molecule has 0 unspecified atom stereocenters. The lowest BCUT2D eigenvalue weighted by Crippen LogP contribution is -2.36. The average Bonchev–Trinajstić information content (AvgIpc) is 2.97. The van der Waals surface area contributed by atoms with Gasteiger partial charge in [-0.2, -0.15) is 0 Å². The molecule has 0 amide bonds. The number of benzene rings is 4. The van der Waals surface area contributed by atoms with E-state index in [0.717, 1.165) is 44.3 Å². The molecule has 0 N–H and O–H groups in total. The van der Waals surface area contributed by atoms with E-state index in [9.17, 15) is 4.79 Å². The molecule has 2 atom stereocenters. The second kappa shape index (κ2) is 16.0. The molecular weight excluding hydrogens is 573 g/mol. The lowest BCUT2D eigenvalue weighted by atomic mass is 9.95. The summed E-state index contributed by atoms with van der Waals surface area (Å²) in [6.45, 7) is 3.79. The number of esters is 1. The topological polar surface area (TPSA) is 29.5 Å². The minimum absolute atomic E-state index is 0.131. The maximum atomic E-state index is 13.5. The van der Waals surface area contributed by atoms with E-state index in [1.807, 2.05) is 42.5 Å². The number of halogens is 3. The molecule has 0 aliphatic carbocycles. The highest BCUT2D eigenvalue weighted by Gasteiger charge is 2.28. The minimum atomic E-state index is -0.560. The van der Waals surface area contributed by atoms with Gasteiger partial charge in [-0.15, -0.1) is 0 Å². The molecule has 41 heavy (non-hydrogen) atoms. The van der Waals surface area contributed by atoms with E-state index < -0.39 is 12.1 Å². The average molecular weight is 609 g/mol. The van der Waals surface area contributed by atoms with Gasteiger partial charge in [-0.05, 0) is 35.2 Å². The second-order valence-electron chi connectivity index (χ2n) is 10.3. The molecule has 4 rings (SSSR count). The maximum Gasteiger partial charge on any atom is 0.341 e. The normalized spacial score (nSPS) is 12.7. The zero-order chi connectivity index (χ0) is 29.0. The van der Waals surface area contributed by atoms with Crippen molar-refractivity contribution in [3.63, 3.8) is 0 Å².